The van der Waals surface area contributed by atoms with E-state index in [0.717, 1.165) is 0 Å². The first-order valence-corrected chi connectivity index (χ1v) is 11.7. The van der Waals surface area contributed by atoms with Crippen LogP contribution in [0.4, 0.5) is 18.9 Å². The fourth-order valence-electron chi connectivity index (χ4n) is 4.38. The predicted molar refractivity (Wildman–Crippen MR) is 132 cm³/mol. The summed E-state index contributed by atoms with van der Waals surface area (Å²) in [6, 6.07) is 9.00. The molecule has 3 rings (SSSR count). The summed E-state index contributed by atoms with van der Waals surface area (Å²) in [5.41, 5.74) is -0.457. The van der Waals surface area contributed by atoms with E-state index < -0.39 is 30.1 Å². The molecule has 0 aromatic heterocycles. The minimum atomic E-state index is -4.55. The monoisotopic (exact) mass is 538 g/mol. The number of methoxy groups -OCH3 is 2. The number of anilines is 1. The molecule has 0 saturated heterocycles. The molecular formula is C26H26ClF3N2O5. The van der Waals surface area contributed by atoms with Crippen LogP contribution in [0, 0.1) is 12.3 Å². The van der Waals surface area contributed by atoms with Crippen LogP contribution < -0.4 is 24.4 Å². The maximum atomic E-state index is 13.6. The third-order valence-corrected chi connectivity index (χ3v) is 6.40. The zero-order chi connectivity index (χ0) is 27.2. The third-order valence-electron chi connectivity index (χ3n) is 6.11. The molecule has 1 N–H and O–H groups in total. The highest BCUT2D eigenvalue weighted by Crippen LogP contribution is 2.41. The lowest BCUT2D eigenvalue weighted by Crippen LogP contribution is -2.59. The van der Waals surface area contributed by atoms with Gasteiger partial charge in [-0.1, -0.05) is 24.4 Å². The van der Waals surface area contributed by atoms with Crippen LogP contribution in [0.15, 0.2) is 36.4 Å². The van der Waals surface area contributed by atoms with Crippen molar-refractivity contribution in [3.63, 3.8) is 0 Å². The summed E-state index contributed by atoms with van der Waals surface area (Å²) in [5.74, 6) is 1.73. The van der Waals surface area contributed by atoms with E-state index in [1.807, 2.05) is 0 Å². The van der Waals surface area contributed by atoms with Crippen molar-refractivity contribution in [2.24, 2.45) is 0 Å². The van der Waals surface area contributed by atoms with Crippen LogP contribution in [0.3, 0.4) is 0 Å². The maximum absolute atomic E-state index is 13.6. The number of terminal acetylenes is 1. The van der Waals surface area contributed by atoms with E-state index in [2.05, 4.69) is 11.2 Å². The van der Waals surface area contributed by atoms with Crippen molar-refractivity contribution in [2.75, 3.05) is 25.7 Å². The molecule has 37 heavy (non-hydrogen) atoms. The Bertz CT molecular complexity index is 1190. The Hall–Kier alpha value is -3.58. The largest absolute Gasteiger partial charge is 0.497 e. The molecular weight excluding hydrogens is 513 g/mol. The SMILES string of the molecule is C#CC(=O)N(c1ccc(OCC(F)(F)F)c(Cl)c1)C1(C(=O)NCc2ccc(OC)cc2OC)CCCC1. The van der Waals surface area contributed by atoms with Crippen LogP contribution in [-0.2, 0) is 16.1 Å². The standard InChI is InChI=1S/C26H26ClF3N2O5/c1-4-23(33)32(18-8-10-21(20(27)13-18)37-16-26(28,29)30)25(11-5-6-12-25)24(34)31-15-17-7-9-19(35-2)14-22(17)36-3/h1,7-10,13-14H,5-6,11-12,15-16H2,2-3H3,(H,31,34). The average Bonchev–Trinajstić information content (AvgIpc) is 3.36. The fourth-order valence-corrected chi connectivity index (χ4v) is 4.61. The van der Waals surface area contributed by atoms with Crippen molar-refractivity contribution < 1.29 is 37.0 Å². The third kappa shape index (κ3) is 6.41. The molecule has 0 spiro atoms. The quantitative estimate of drug-likeness (QED) is 0.460. The van der Waals surface area contributed by atoms with Gasteiger partial charge in [-0.25, -0.2) is 0 Å². The lowest BCUT2D eigenvalue weighted by molar-refractivity contribution is -0.153. The highest BCUT2D eigenvalue weighted by molar-refractivity contribution is 6.32. The number of carbonyl (C=O) groups is 2. The highest BCUT2D eigenvalue weighted by atomic mass is 35.5. The highest BCUT2D eigenvalue weighted by Gasteiger charge is 2.49. The van der Waals surface area contributed by atoms with Gasteiger partial charge in [0.25, 0.3) is 0 Å². The summed E-state index contributed by atoms with van der Waals surface area (Å²) in [7, 11) is 3.02. The molecule has 0 unspecified atom stereocenters. The van der Waals surface area contributed by atoms with Crippen LogP contribution in [0.5, 0.6) is 17.2 Å². The first-order chi connectivity index (χ1) is 17.5. The first kappa shape index (κ1) is 28.0. The minimum Gasteiger partial charge on any atom is -0.497 e. The van der Waals surface area contributed by atoms with Gasteiger partial charge in [-0.15, -0.1) is 6.42 Å². The van der Waals surface area contributed by atoms with Crippen molar-refractivity contribution >= 4 is 29.1 Å². The lowest BCUT2D eigenvalue weighted by Gasteiger charge is -2.39. The minimum absolute atomic E-state index is 0.108. The number of ether oxygens (including phenoxy) is 3. The van der Waals surface area contributed by atoms with Gasteiger partial charge in [-0.3, -0.25) is 14.5 Å². The molecule has 0 bridgehead atoms. The van der Waals surface area contributed by atoms with Gasteiger partial charge in [0.2, 0.25) is 5.91 Å². The number of rotatable bonds is 9. The summed E-state index contributed by atoms with van der Waals surface area (Å²) in [5, 5.41) is 2.72. The number of benzene rings is 2. The van der Waals surface area contributed by atoms with Gasteiger partial charge in [0.15, 0.2) is 6.61 Å². The number of amides is 2. The normalized spacial score (nSPS) is 14.4. The van der Waals surface area contributed by atoms with Crippen LogP contribution in [0.25, 0.3) is 0 Å². The summed E-state index contributed by atoms with van der Waals surface area (Å²) in [6.07, 6.45) is 2.88. The molecule has 7 nitrogen and oxygen atoms in total. The van der Waals surface area contributed by atoms with Crippen LogP contribution in [0.2, 0.25) is 5.02 Å². The molecule has 0 radical (unpaired) electrons. The topological polar surface area (TPSA) is 77.1 Å². The van der Waals surface area contributed by atoms with Crippen molar-refractivity contribution in [1.82, 2.24) is 5.32 Å². The lowest BCUT2D eigenvalue weighted by atomic mass is 9.92. The van der Waals surface area contributed by atoms with Crippen molar-refractivity contribution in [3.05, 3.63) is 47.0 Å². The van der Waals surface area contributed by atoms with E-state index in [1.165, 1.54) is 37.3 Å². The number of nitrogens with zero attached hydrogens (tertiary/aromatic N) is 1. The van der Waals surface area contributed by atoms with Crippen LogP contribution in [0.1, 0.15) is 31.2 Å². The van der Waals surface area contributed by atoms with E-state index in [4.69, 9.17) is 32.2 Å². The molecule has 2 amide bonds. The van der Waals surface area contributed by atoms with E-state index in [-0.39, 0.29) is 23.0 Å². The Balaban J connectivity index is 1.91. The Morgan fingerprint density at radius 3 is 2.38 bits per heavy atom. The molecule has 0 heterocycles. The Morgan fingerprint density at radius 2 is 1.81 bits per heavy atom. The molecule has 1 aliphatic rings. The number of nitrogens with one attached hydrogen (secondary N) is 1. The molecule has 0 aliphatic heterocycles. The second kappa shape index (κ2) is 11.6. The fraction of sp³-hybridized carbons (Fsp3) is 0.385. The maximum Gasteiger partial charge on any atom is 0.422 e. The van der Waals surface area contributed by atoms with E-state index in [1.54, 1.807) is 18.2 Å². The van der Waals surface area contributed by atoms with Gasteiger partial charge in [-0.2, -0.15) is 13.2 Å². The zero-order valence-electron chi connectivity index (χ0n) is 20.3. The molecule has 0 atom stereocenters. The summed E-state index contributed by atoms with van der Waals surface area (Å²) >= 11 is 6.17. The number of hydrogen-bond acceptors (Lipinski definition) is 5. The van der Waals surface area contributed by atoms with Gasteiger partial charge < -0.3 is 19.5 Å². The van der Waals surface area contributed by atoms with E-state index in [9.17, 15) is 22.8 Å². The Kier molecular flexibility index (Phi) is 8.81. The Labute approximate surface area is 217 Å². The van der Waals surface area contributed by atoms with Crippen molar-refractivity contribution in [1.29, 1.82) is 0 Å². The van der Waals surface area contributed by atoms with E-state index in [0.29, 0.717) is 42.7 Å². The molecule has 11 heteroatoms. The summed E-state index contributed by atoms with van der Waals surface area (Å²) < 4.78 is 53.0. The smallest absolute Gasteiger partial charge is 0.422 e. The van der Waals surface area contributed by atoms with Gasteiger partial charge in [0.05, 0.1) is 19.2 Å². The second-order valence-corrected chi connectivity index (χ2v) is 8.81. The second-order valence-electron chi connectivity index (χ2n) is 8.40. The Morgan fingerprint density at radius 1 is 1.11 bits per heavy atom. The van der Waals surface area contributed by atoms with Crippen molar-refractivity contribution in [2.45, 2.75) is 43.9 Å². The van der Waals surface area contributed by atoms with Gasteiger partial charge in [0, 0.05) is 23.9 Å². The predicted octanol–water partition coefficient (Wildman–Crippen LogP) is 4.89. The molecule has 2 aromatic carbocycles. The molecule has 1 fully saturated rings. The number of halogens is 4. The van der Waals surface area contributed by atoms with Crippen LogP contribution in [-0.4, -0.2) is 44.4 Å². The van der Waals surface area contributed by atoms with Gasteiger partial charge in [-0.05, 0) is 49.1 Å². The van der Waals surface area contributed by atoms with Gasteiger partial charge in [0.1, 0.15) is 22.8 Å². The molecule has 198 valence electrons. The van der Waals surface area contributed by atoms with Gasteiger partial charge >= 0.3 is 12.1 Å². The van der Waals surface area contributed by atoms with Crippen molar-refractivity contribution in [3.8, 4) is 29.6 Å². The average molecular weight is 539 g/mol. The first-order valence-electron chi connectivity index (χ1n) is 11.3. The zero-order valence-corrected chi connectivity index (χ0v) is 21.0. The van der Waals surface area contributed by atoms with Crippen LogP contribution >= 0.6 is 11.6 Å². The molecule has 2 aromatic rings. The van der Waals surface area contributed by atoms with E-state index >= 15 is 0 Å². The summed E-state index contributed by atoms with van der Waals surface area (Å²) in [6.45, 7) is -1.42. The molecule has 1 saturated carbocycles. The summed E-state index contributed by atoms with van der Waals surface area (Å²) in [4.78, 5) is 27.8. The number of hydrogen-bond donors (Lipinski definition) is 1. The molecule has 1 aliphatic carbocycles. The number of carbonyl (C=O) groups excluding carboxylic acids is 2. The number of alkyl halides is 3.